The summed E-state index contributed by atoms with van der Waals surface area (Å²) in [5.74, 6) is 1.37. The summed E-state index contributed by atoms with van der Waals surface area (Å²) < 4.78 is 88.6. The van der Waals surface area contributed by atoms with Crippen LogP contribution >= 0.6 is 0 Å². The van der Waals surface area contributed by atoms with E-state index in [1.54, 1.807) is 81.7 Å². The van der Waals surface area contributed by atoms with Gasteiger partial charge in [0.2, 0.25) is 0 Å². The lowest BCUT2D eigenvalue weighted by Gasteiger charge is -2.38. The van der Waals surface area contributed by atoms with Crippen LogP contribution < -0.4 is 9.47 Å². The molecule has 280 valence electrons. The molecule has 4 atom stereocenters. The maximum absolute atomic E-state index is 12.9. The molecule has 1 saturated heterocycles. The van der Waals surface area contributed by atoms with Crippen molar-refractivity contribution in [2.24, 2.45) is 4.99 Å². The van der Waals surface area contributed by atoms with E-state index in [1.165, 1.54) is 23.6 Å². The number of fused-ring (bicyclic) bond motifs is 1. The van der Waals surface area contributed by atoms with Crippen LogP contribution in [0.3, 0.4) is 0 Å². The minimum Gasteiger partial charge on any atom is -0.497 e. The normalized spacial score (nSPS) is 19.5. The molecule has 0 spiro atoms. The van der Waals surface area contributed by atoms with Crippen molar-refractivity contribution in [2.75, 3.05) is 40.8 Å². The third kappa shape index (κ3) is 8.17. The third-order valence-corrected chi connectivity index (χ3v) is 9.35. The summed E-state index contributed by atoms with van der Waals surface area (Å²) in [6.07, 6.45) is -0.540. The quantitative estimate of drug-likeness (QED) is 0.0691. The molecule has 3 aromatic carbocycles. The summed E-state index contributed by atoms with van der Waals surface area (Å²) in [5.41, 5.74) is 0.699. The Labute approximate surface area is 307 Å². The predicted molar refractivity (Wildman–Crippen MR) is 194 cm³/mol. The molecule has 0 bridgehead atoms. The van der Waals surface area contributed by atoms with E-state index in [0.29, 0.717) is 28.2 Å². The van der Waals surface area contributed by atoms with E-state index in [0.717, 1.165) is 12.5 Å². The van der Waals surface area contributed by atoms with Gasteiger partial charge in [-0.15, -0.1) is 0 Å². The van der Waals surface area contributed by atoms with Crippen molar-refractivity contribution in [3.8, 4) is 11.5 Å². The van der Waals surface area contributed by atoms with Crippen molar-refractivity contribution in [2.45, 2.75) is 30.3 Å². The van der Waals surface area contributed by atoms with Gasteiger partial charge in [0.05, 0.1) is 39.4 Å². The Balaban J connectivity index is 1.57. The van der Waals surface area contributed by atoms with Crippen LogP contribution in [-0.2, 0) is 43.7 Å². The van der Waals surface area contributed by atoms with E-state index in [4.69, 9.17) is 27.3 Å². The van der Waals surface area contributed by atoms with Crippen LogP contribution in [-0.4, -0.2) is 107 Å². The lowest BCUT2D eigenvalue weighted by Crippen LogP contribution is -2.44. The van der Waals surface area contributed by atoms with Crippen LogP contribution in [0.4, 0.5) is 5.82 Å². The standard InChI is InChI=1S/C35H38N6O10S2/c1-40(2)21-39-31-28-32(37-20-36-31)41(22-38-28)33-29(50-52(5,42)43)30(51-53(6,44)45)34(48-33)49-35(23-10-8-7-9-11-23,24-12-16-26(46-3)17-13-24)25-14-18-27(47-4)19-15-25/h7-22,29-30,33-34H,1-6H3/b39-21+/t29-,30+,33-,34-/m1/s1. The predicted octanol–water partition coefficient (Wildman–Crippen LogP) is 3.62. The van der Waals surface area contributed by atoms with Crippen LogP contribution in [0.25, 0.3) is 11.2 Å². The Morgan fingerprint density at radius 2 is 1.32 bits per heavy atom. The molecule has 16 nitrogen and oxygen atoms in total. The van der Waals surface area contributed by atoms with Crippen LogP contribution in [0.2, 0.25) is 0 Å². The first-order chi connectivity index (χ1) is 25.2. The number of rotatable bonds is 14. The van der Waals surface area contributed by atoms with Gasteiger partial charge in [0.1, 0.15) is 23.4 Å². The fourth-order valence-corrected chi connectivity index (χ4v) is 7.24. The largest absolute Gasteiger partial charge is 0.497 e. The molecule has 0 N–H and O–H groups in total. The van der Waals surface area contributed by atoms with E-state index < -0.39 is 50.6 Å². The van der Waals surface area contributed by atoms with Gasteiger partial charge in [0.25, 0.3) is 20.2 Å². The molecule has 0 amide bonds. The maximum atomic E-state index is 12.9. The summed E-state index contributed by atoms with van der Waals surface area (Å²) >= 11 is 0. The molecule has 0 unspecified atom stereocenters. The van der Waals surface area contributed by atoms with E-state index in [2.05, 4.69) is 19.9 Å². The third-order valence-electron chi connectivity index (χ3n) is 8.21. The first-order valence-corrected chi connectivity index (χ1v) is 19.7. The zero-order valence-corrected chi connectivity index (χ0v) is 31.3. The van der Waals surface area contributed by atoms with Crippen molar-refractivity contribution in [1.82, 2.24) is 24.4 Å². The summed E-state index contributed by atoms with van der Waals surface area (Å²) in [6.45, 7) is 0. The van der Waals surface area contributed by atoms with Gasteiger partial charge < -0.3 is 23.8 Å². The molecule has 6 rings (SSSR count). The number of imidazole rings is 1. The topological polar surface area (TPSA) is 183 Å². The number of hydrogen-bond acceptors (Lipinski definition) is 14. The van der Waals surface area contributed by atoms with Crippen LogP contribution in [0.15, 0.2) is 96.5 Å². The van der Waals surface area contributed by atoms with E-state index in [1.807, 2.05) is 30.3 Å². The van der Waals surface area contributed by atoms with Crippen molar-refractivity contribution in [1.29, 1.82) is 0 Å². The van der Waals surface area contributed by atoms with Gasteiger partial charge in [-0.25, -0.2) is 19.9 Å². The number of ether oxygens (including phenoxy) is 4. The molecule has 0 radical (unpaired) electrons. The average molecular weight is 767 g/mol. The number of benzene rings is 3. The van der Waals surface area contributed by atoms with Crippen molar-refractivity contribution < 1.29 is 44.1 Å². The molecule has 0 aliphatic carbocycles. The Hall–Kier alpha value is -4.98. The Kier molecular flexibility index (Phi) is 10.8. The van der Waals surface area contributed by atoms with Crippen LogP contribution in [0.5, 0.6) is 11.5 Å². The first kappa shape index (κ1) is 37.8. The molecular weight excluding hydrogens is 729 g/mol. The zero-order valence-electron chi connectivity index (χ0n) is 29.6. The molecule has 3 heterocycles. The SMILES string of the molecule is COc1ccc(C(O[C@H]2O[C@@H](n3cnc4c(/N=C/N(C)C)ncnc43)[C@H](OS(C)(=O)=O)[C@@H]2OS(C)(=O)=O)(c2ccccc2)c2ccc(OC)cc2)cc1. The highest BCUT2D eigenvalue weighted by molar-refractivity contribution is 7.86. The number of aromatic nitrogens is 4. The van der Waals surface area contributed by atoms with Gasteiger partial charge in [0.15, 0.2) is 41.7 Å². The first-order valence-electron chi connectivity index (χ1n) is 16.0. The van der Waals surface area contributed by atoms with Crippen LogP contribution in [0, 0.1) is 0 Å². The Bertz CT molecular complexity index is 2240. The van der Waals surface area contributed by atoms with Gasteiger partial charge in [-0.1, -0.05) is 54.6 Å². The Morgan fingerprint density at radius 1 is 0.774 bits per heavy atom. The molecule has 53 heavy (non-hydrogen) atoms. The van der Waals surface area contributed by atoms with Gasteiger partial charge in [0, 0.05) is 14.1 Å². The summed E-state index contributed by atoms with van der Waals surface area (Å²) in [6, 6.07) is 23.4. The molecule has 2 aromatic heterocycles. The second-order valence-corrected chi connectivity index (χ2v) is 15.5. The highest BCUT2D eigenvalue weighted by Crippen LogP contribution is 2.47. The van der Waals surface area contributed by atoms with E-state index in [9.17, 15) is 16.8 Å². The molecule has 18 heteroatoms. The average Bonchev–Trinajstić information content (AvgIpc) is 3.69. The molecule has 5 aromatic rings. The minimum absolute atomic E-state index is 0.191. The molecular formula is C35H38N6O10S2. The molecule has 1 fully saturated rings. The fraction of sp³-hybridized carbons (Fsp3) is 0.314. The maximum Gasteiger partial charge on any atom is 0.264 e. The lowest BCUT2D eigenvalue weighted by atomic mass is 9.80. The van der Waals surface area contributed by atoms with Crippen molar-refractivity contribution in [3.63, 3.8) is 0 Å². The number of aliphatic imine (C=N–C) groups is 1. The molecule has 1 aliphatic rings. The second kappa shape index (κ2) is 15.2. The highest BCUT2D eigenvalue weighted by Gasteiger charge is 2.55. The zero-order chi connectivity index (χ0) is 38.0. The lowest BCUT2D eigenvalue weighted by molar-refractivity contribution is -0.212. The summed E-state index contributed by atoms with van der Waals surface area (Å²) in [7, 11) is -1.90. The van der Waals surface area contributed by atoms with E-state index >= 15 is 0 Å². The fourth-order valence-electron chi connectivity index (χ4n) is 6.03. The monoisotopic (exact) mass is 766 g/mol. The summed E-state index contributed by atoms with van der Waals surface area (Å²) in [4.78, 5) is 19.1. The van der Waals surface area contributed by atoms with Gasteiger partial charge in [-0.05, 0) is 41.0 Å². The highest BCUT2D eigenvalue weighted by atomic mass is 32.2. The van der Waals surface area contributed by atoms with E-state index in [-0.39, 0.29) is 17.0 Å². The number of nitrogens with zero attached hydrogens (tertiary/aromatic N) is 6. The Morgan fingerprint density at radius 3 is 1.85 bits per heavy atom. The molecule has 1 aliphatic heterocycles. The summed E-state index contributed by atoms with van der Waals surface area (Å²) in [5, 5.41) is 0. The smallest absolute Gasteiger partial charge is 0.264 e. The second-order valence-electron chi connectivity index (χ2n) is 12.3. The molecule has 0 saturated carbocycles. The number of methoxy groups -OCH3 is 2. The van der Waals surface area contributed by atoms with Crippen molar-refractivity contribution >= 4 is 43.6 Å². The van der Waals surface area contributed by atoms with Crippen LogP contribution in [0.1, 0.15) is 22.9 Å². The van der Waals surface area contributed by atoms with Gasteiger partial charge in [-0.2, -0.15) is 16.8 Å². The minimum atomic E-state index is -4.30. The number of hydrogen-bond donors (Lipinski definition) is 0. The van der Waals surface area contributed by atoms with Gasteiger partial charge >= 0.3 is 0 Å². The van der Waals surface area contributed by atoms with Gasteiger partial charge in [-0.3, -0.25) is 12.9 Å². The van der Waals surface area contributed by atoms with Crippen molar-refractivity contribution in [3.05, 3.63) is 108 Å².